The van der Waals surface area contributed by atoms with Crippen molar-refractivity contribution >= 4 is 11.6 Å². The van der Waals surface area contributed by atoms with Crippen molar-refractivity contribution in [1.82, 2.24) is 14.7 Å². The summed E-state index contributed by atoms with van der Waals surface area (Å²) in [7, 11) is 1.88. The van der Waals surface area contributed by atoms with E-state index in [4.69, 9.17) is 0 Å². The van der Waals surface area contributed by atoms with E-state index in [0.717, 1.165) is 41.8 Å². The van der Waals surface area contributed by atoms with Gasteiger partial charge in [-0.25, -0.2) is 13.2 Å². The maximum absolute atomic E-state index is 13.6. The molecule has 3 heterocycles. The van der Waals surface area contributed by atoms with Crippen LogP contribution in [0, 0.1) is 17.5 Å². The van der Waals surface area contributed by atoms with Crippen LogP contribution in [0.4, 0.5) is 18.9 Å². The molecular weight excluding hydrogens is 417 g/mol. The largest absolute Gasteiger partial charge is 0.363 e. The average Bonchev–Trinajstić information content (AvgIpc) is 3.34. The number of fused-ring (bicyclic) bond motifs is 2. The zero-order valence-electron chi connectivity index (χ0n) is 17.6. The summed E-state index contributed by atoms with van der Waals surface area (Å²) in [6.45, 7) is 0.518. The third kappa shape index (κ3) is 3.74. The molecular formula is C24H23F3N4O. The summed E-state index contributed by atoms with van der Waals surface area (Å²) in [6, 6.07) is 10.4. The third-order valence-electron chi connectivity index (χ3n) is 6.43. The number of carbonyl (C=O) groups excluding carboxylic acids is 1. The van der Waals surface area contributed by atoms with Gasteiger partial charge in [0.1, 0.15) is 0 Å². The number of nitrogens with zero attached hydrogens (tertiary/aromatic N) is 4. The number of hydrogen-bond acceptors (Lipinski definition) is 3. The second-order valence-electron chi connectivity index (χ2n) is 8.59. The summed E-state index contributed by atoms with van der Waals surface area (Å²) < 4.78 is 42.3. The number of halogens is 3. The van der Waals surface area contributed by atoms with Crippen LogP contribution in [0.3, 0.4) is 0 Å². The van der Waals surface area contributed by atoms with E-state index in [1.165, 1.54) is 0 Å². The molecule has 2 fully saturated rings. The molecule has 166 valence electrons. The van der Waals surface area contributed by atoms with Crippen molar-refractivity contribution in [1.29, 1.82) is 0 Å². The van der Waals surface area contributed by atoms with Crippen molar-refractivity contribution in [2.75, 3.05) is 11.4 Å². The Morgan fingerprint density at radius 2 is 1.69 bits per heavy atom. The van der Waals surface area contributed by atoms with Crippen LogP contribution in [-0.4, -0.2) is 39.2 Å². The minimum atomic E-state index is -1.49. The lowest BCUT2D eigenvalue weighted by atomic mass is 10.1. The molecule has 0 saturated carbocycles. The summed E-state index contributed by atoms with van der Waals surface area (Å²) in [4.78, 5) is 16.8. The Balaban J connectivity index is 1.36. The van der Waals surface area contributed by atoms with E-state index in [-0.39, 0.29) is 30.1 Å². The first kappa shape index (κ1) is 20.6. The van der Waals surface area contributed by atoms with Gasteiger partial charge in [-0.2, -0.15) is 5.10 Å². The molecule has 2 unspecified atom stereocenters. The molecule has 32 heavy (non-hydrogen) atoms. The summed E-state index contributed by atoms with van der Waals surface area (Å²) in [5.41, 5.74) is 3.42. The second kappa shape index (κ2) is 8.00. The maximum atomic E-state index is 13.6. The Labute approximate surface area is 184 Å². The topological polar surface area (TPSA) is 41.4 Å². The lowest BCUT2D eigenvalue weighted by Crippen LogP contribution is -2.39. The molecule has 3 aromatic rings. The lowest BCUT2D eigenvalue weighted by Gasteiger charge is -2.31. The van der Waals surface area contributed by atoms with Crippen LogP contribution in [0.2, 0.25) is 0 Å². The van der Waals surface area contributed by atoms with Crippen molar-refractivity contribution in [2.45, 2.75) is 37.9 Å². The number of aryl methyl sites for hydroxylation is 1. The molecule has 5 nitrogen and oxygen atoms in total. The normalized spacial score (nSPS) is 20.7. The molecule has 0 N–H and O–H groups in total. The number of likely N-dealkylation sites (tertiary alicyclic amines) is 1. The van der Waals surface area contributed by atoms with E-state index in [9.17, 15) is 18.0 Å². The van der Waals surface area contributed by atoms with Crippen LogP contribution in [0.1, 0.15) is 24.8 Å². The summed E-state index contributed by atoms with van der Waals surface area (Å²) >= 11 is 0. The number of amides is 1. The average molecular weight is 440 g/mol. The SMILES string of the molecule is Cn1cc(-c2ccc(N3C4CCC3CN(Cc3cc(F)c(F)c(F)c3)C(=O)C4)cc2)cn1. The van der Waals surface area contributed by atoms with Crippen molar-refractivity contribution in [3.05, 3.63) is 71.8 Å². The highest BCUT2D eigenvalue weighted by molar-refractivity contribution is 5.79. The highest BCUT2D eigenvalue weighted by Crippen LogP contribution is 2.36. The fourth-order valence-corrected chi connectivity index (χ4v) is 4.92. The Kier molecular flexibility index (Phi) is 5.15. The number of rotatable bonds is 4. The number of carbonyl (C=O) groups is 1. The predicted octanol–water partition coefficient (Wildman–Crippen LogP) is 4.27. The minimum absolute atomic E-state index is 0.0562. The fourth-order valence-electron chi connectivity index (χ4n) is 4.92. The third-order valence-corrected chi connectivity index (χ3v) is 6.43. The molecule has 1 aromatic heterocycles. The van der Waals surface area contributed by atoms with E-state index in [0.29, 0.717) is 13.0 Å². The number of anilines is 1. The zero-order valence-corrected chi connectivity index (χ0v) is 17.6. The quantitative estimate of drug-likeness (QED) is 0.569. The van der Waals surface area contributed by atoms with Gasteiger partial charge in [-0.15, -0.1) is 0 Å². The van der Waals surface area contributed by atoms with Gasteiger partial charge in [-0.05, 0) is 48.2 Å². The van der Waals surface area contributed by atoms with Crippen LogP contribution >= 0.6 is 0 Å². The van der Waals surface area contributed by atoms with Gasteiger partial charge in [0.2, 0.25) is 5.91 Å². The van der Waals surface area contributed by atoms with E-state index in [2.05, 4.69) is 34.3 Å². The van der Waals surface area contributed by atoms with Gasteiger partial charge in [0.15, 0.2) is 17.5 Å². The monoisotopic (exact) mass is 440 g/mol. The first-order valence-corrected chi connectivity index (χ1v) is 10.7. The molecule has 0 radical (unpaired) electrons. The van der Waals surface area contributed by atoms with Gasteiger partial charge >= 0.3 is 0 Å². The van der Waals surface area contributed by atoms with E-state index < -0.39 is 17.5 Å². The molecule has 1 amide bonds. The van der Waals surface area contributed by atoms with Gasteiger partial charge in [0.05, 0.1) is 6.20 Å². The van der Waals surface area contributed by atoms with Gasteiger partial charge in [-0.3, -0.25) is 9.48 Å². The van der Waals surface area contributed by atoms with E-state index in [1.807, 2.05) is 19.4 Å². The first-order valence-electron chi connectivity index (χ1n) is 10.7. The van der Waals surface area contributed by atoms with Crippen LogP contribution < -0.4 is 4.90 Å². The Hall–Kier alpha value is -3.29. The summed E-state index contributed by atoms with van der Waals surface area (Å²) in [5.74, 6) is -4.02. The molecule has 2 saturated heterocycles. The van der Waals surface area contributed by atoms with Crippen LogP contribution in [-0.2, 0) is 18.4 Å². The van der Waals surface area contributed by atoms with Gasteiger partial charge in [-0.1, -0.05) is 12.1 Å². The molecule has 2 aliphatic rings. The molecule has 2 bridgehead atoms. The van der Waals surface area contributed by atoms with Crippen molar-refractivity contribution < 1.29 is 18.0 Å². The van der Waals surface area contributed by atoms with Crippen molar-refractivity contribution in [3.8, 4) is 11.1 Å². The number of aromatic nitrogens is 2. The van der Waals surface area contributed by atoms with Crippen LogP contribution in [0.15, 0.2) is 48.8 Å². The summed E-state index contributed by atoms with van der Waals surface area (Å²) in [5, 5.41) is 4.21. The highest BCUT2D eigenvalue weighted by atomic mass is 19.2. The fraction of sp³-hybridized carbons (Fsp3) is 0.333. The smallest absolute Gasteiger partial charge is 0.225 e. The molecule has 2 atom stereocenters. The lowest BCUT2D eigenvalue weighted by molar-refractivity contribution is -0.131. The summed E-state index contributed by atoms with van der Waals surface area (Å²) in [6.07, 6.45) is 5.98. The molecule has 2 aliphatic heterocycles. The Bertz CT molecular complexity index is 1140. The molecule has 5 rings (SSSR count). The molecule has 2 aromatic carbocycles. The predicted molar refractivity (Wildman–Crippen MR) is 114 cm³/mol. The van der Waals surface area contributed by atoms with Crippen molar-refractivity contribution in [2.24, 2.45) is 7.05 Å². The van der Waals surface area contributed by atoms with E-state index in [1.54, 1.807) is 9.58 Å². The highest BCUT2D eigenvalue weighted by Gasteiger charge is 2.40. The van der Waals surface area contributed by atoms with Gasteiger partial charge in [0, 0.05) is 56.1 Å². The second-order valence-corrected chi connectivity index (χ2v) is 8.59. The molecule has 0 aliphatic carbocycles. The molecule has 0 spiro atoms. The van der Waals surface area contributed by atoms with Crippen LogP contribution in [0.5, 0.6) is 0 Å². The Morgan fingerprint density at radius 1 is 1.00 bits per heavy atom. The van der Waals surface area contributed by atoms with Crippen molar-refractivity contribution in [3.63, 3.8) is 0 Å². The standard InChI is InChI=1S/C24H23F3N4O/c1-29-13-17(11-28-29)16-2-4-18(5-3-16)31-19-6-7-20(31)14-30(23(32)10-19)12-15-8-21(25)24(27)22(26)9-15/h2-5,8-9,11,13,19-20H,6-7,10,12,14H2,1H3. The van der Waals surface area contributed by atoms with Gasteiger partial charge in [0.25, 0.3) is 0 Å². The van der Waals surface area contributed by atoms with E-state index >= 15 is 0 Å². The number of benzene rings is 2. The van der Waals surface area contributed by atoms with Gasteiger partial charge < -0.3 is 9.80 Å². The van der Waals surface area contributed by atoms with Crippen LogP contribution in [0.25, 0.3) is 11.1 Å². The zero-order chi connectivity index (χ0) is 22.4. The minimum Gasteiger partial charge on any atom is -0.363 e. The first-order chi connectivity index (χ1) is 15.4. The molecule has 8 heteroatoms. The Morgan fingerprint density at radius 3 is 2.34 bits per heavy atom. The number of hydrogen-bond donors (Lipinski definition) is 0. The maximum Gasteiger partial charge on any atom is 0.225 e.